The van der Waals surface area contributed by atoms with Gasteiger partial charge in [-0.3, -0.25) is 4.79 Å². The highest BCUT2D eigenvalue weighted by molar-refractivity contribution is 9.10. The molecule has 1 heterocycles. The van der Waals surface area contributed by atoms with Crippen LogP contribution in [0, 0.1) is 0 Å². The number of halogens is 1. The number of ether oxygens (including phenoxy) is 2. The molecule has 1 atom stereocenters. The number of hydrogen-bond donors (Lipinski definition) is 1. The van der Waals surface area contributed by atoms with Crippen molar-refractivity contribution in [1.29, 1.82) is 0 Å². The van der Waals surface area contributed by atoms with E-state index in [0.29, 0.717) is 17.1 Å². The predicted octanol–water partition coefficient (Wildman–Crippen LogP) is 1.98. The van der Waals surface area contributed by atoms with Crippen LogP contribution in [-0.2, 0) is 19.4 Å². The van der Waals surface area contributed by atoms with E-state index in [1.54, 1.807) is 12.1 Å². The number of alkyl halides is 1. The van der Waals surface area contributed by atoms with Crippen molar-refractivity contribution in [2.24, 2.45) is 0 Å². The third-order valence-corrected chi connectivity index (χ3v) is 6.63. The summed E-state index contributed by atoms with van der Waals surface area (Å²) in [5.74, 6) is 0.0906. The minimum absolute atomic E-state index is 0.0148. The third kappa shape index (κ3) is 2.05. The van der Waals surface area contributed by atoms with Crippen LogP contribution in [0.4, 0.5) is 5.69 Å². The van der Waals surface area contributed by atoms with Crippen LogP contribution in [0.25, 0.3) is 0 Å². The highest BCUT2D eigenvalue weighted by atomic mass is 79.9. The zero-order valence-corrected chi connectivity index (χ0v) is 14.1. The van der Waals surface area contributed by atoms with Crippen LogP contribution in [0.1, 0.15) is 0 Å². The lowest BCUT2D eigenvalue weighted by Gasteiger charge is -2.28. The second-order valence-electron chi connectivity index (χ2n) is 4.71. The Morgan fingerprint density at radius 3 is 2.59 bits per heavy atom. The second-order valence-corrected chi connectivity index (χ2v) is 7.51. The maximum absolute atomic E-state index is 12.9. The normalized spacial score (nSPS) is 22.2. The molecule has 2 aliphatic rings. The van der Waals surface area contributed by atoms with E-state index in [-0.39, 0.29) is 15.6 Å². The van der Waals surface area contributed by atoms with Gasteiger partial charge in [-0.1, -0.05) is 15.9 Å². The van der Waals surface area contributed by atoms with Crippen LogP contribution in [0.3, 0.4) is 0 Å². The number of rotatable bonds is 2. The van der Waals surface area contributed by atoms with Gasteiger partial charge in [0.05, 0.1) is 35.4 Å². The molecule has 0 saturated heterocycles. The molecule has 0 saturated carbocycles. The van der Waals surface area contributed by atoms with Crippen LogP contribution < -0.4 is 10.1 Å². The van der Waals surface area contributed by atoms with Crippen molar-refractivity contribution < 1.29 is 22.7 Å². The molecule has 8 heteroatoms. The van der Waals surface area contributed by atoms with Gasteiger partial charge in [0.25, 0.3) is 0 Å². The van der Waals surface area contributed by atoms with E-state index in [4.69, 9.17) is 9.47 Å². The molecule has 3 rings (SSSR count). The average molecular weight is 386 g/mol. The first-order valence-corrected chi connectivity index (χ1v) is 8.68. The predicted molar refractivity (Wildman–Crippen MR) is 83.6 cm³/mol. The lowest BCUT2D eigenvalue weighted by atomic mass is 10.1. The molecule has 1 aliphatic heterocycles. The zero-order chi connectivity index (χ0) is 16.1. The summed E-state index contributed by atoms with van der Waals surface area (Å²) in [5, 5.41) is 3.03. The van der Waals surface area contributed by atoms with Crippen molar-refractivity contribution in [2.45, 2.75) is 9.72 Å². The molecule has 0 bridgehead atoms. The van der Waals surface area contributed by atoms with Gasteiger partial charge < -0.3 is 14.8 Å². The largest absolute Gasteiger partial charge is 0.497 e. The maximum atomic E-state index is 12.9. The number of carbonyl (C=O) groups excluding carboxylic acids is 1. The monoisotopic (exact) mass is 385 g/mol. The molecule has 1 aromatic rings. The molecule has 0 radical (unpaired) electrons. The van der Waals surface area contributed by atoms with Crippen LogP contribution in [-0.4, -0.2) is 33.2 Å². The number of allylic oxidation sites excluding steroid dienone is 3. The lowest BCUT2D eigenvalue weighted by molar-refractivity contribution is -0.117. The van der Waals surface area contributed by atoms with E-state index in [1.807, 2.05) is 0 Å². The number of benzene rings is 1. The van der Waals surface area contributed by atoms with Gasteiger partial charge in [-0.15, -0.1) is 0 Å². The van der Waals surface area contributed by atoms with E-state index in [2.05, 4.69) is 21.2 Å². The van der Waals surface area contributed by atoms with Crippen LogP contribution in [0.15, 0.2) is 45.5 Å². The lowest BCUT2D eigenvalue weighted by Crippen LogP contribution is -2.33. The first kappa shape index (κ1) is 15.1. The van der Waals surface area contributed by atoms with Gasteiger partial charge in [0.1, 0.15) is 10.6 Å². The molecule has 6 nitrogen and oxygen atoms in total. The Kier molecular flexibility index (Phi) is 3.53. The smallest absolute Gasteiger partial charge is 0.216 e. The van der Waals surface area contributed by atoms with E-state index < -0.39 is 20.4 Å². The highest BCUT2D eigenvalue weighted by Gasteiger charge is 2.42. The first-order valence-electron chi connectivity index (χ1n) is 6.28. The average Bonchev–Trinajstić information content (AvgIpc) is 2.50. The molecule has 0 aromatic heterocycles. The minimum Gasteiger partial charge on any atom is -0.497 e. The van der Waals surface area contributed by atoms with Gasteiger partial charge in [-0.2, -0.15) is 0 Å². The fourth-order valence-electron chi connectivity index (χ4n) is 2.41. The van der Waals surface area contributed by atoms with Crippen molar-refractivity contribution in [3.05, 3.63) is 40.6 Å². The zero-order valence-electron chi connectivity index (χ0n) is 11.7. The summed E-state index contributed by atoms with van der Waals surface area (Å²) in [6.45, 7) is 0. The first-order chi connectivity index (χ1) is 10.4. The number of sulfone groups is 1. The van der Waals surface area contributed by atoms with E-state index in [9.17, 15) is 13.2 Å². The molecule has 0 fully saturated rings. The minimum atomic E-state index is -3.82. The quantitative estimate of drug-likeness (QED) is 0.783. The number of carbonyl (C=O) groups is 1. The van der Waals surface area contributed by atoms with Crippen molar-refractivity contribution in [1.82, 2.24) is 0 Å². The number of nitrogens with one attached hydrogen (secondary N) is 1. The van der Waals surface area contributed by atoms with Gasteiger partial charge in [0.2, 0.25) is 15.6 Å². The molecule has 1 aliphatic carbocycles. The van der Waals surface area contributed by atoms with E-state index >= 15 is 0 Å². The molecule has 1 N–H and O–H groups in total. The second kappa shape index (κ2) is 5.13. The summed E-state index contributed by atoms with van der Waals surface area (Å²) < 4.78 is 35.8. The summed E-state index contributed by atoms with van der Waals surface area (Å²) in [5.41, 5.74) is 0.760. The van der Waals surface area contributed by atoms with Crippen molar-refractivity contribution in [3.8, 4) is 5.75 Å². The molecule has 22 heavy (non-hydrogen) atoms. The Labute approximate surface area is 135 Å². The van der Waals surface area contributed by atoms with E-state index in [0.717, 1.165) is 0 Å². The third-order valence-electron chi connectivity index (χ3n) is 3.50. The summed E-state index contributed by atoms with van der Waals surface area (Å²) >= 11 is 3.16. The molecule has 1 aromatic carbocycles. The molecule has 0 spiro atoms. The van der Waals surface area contributed by atoms with Crippen molar-refractivity contribution in [2.75, 3.05) is 19.5 Å². The van der Waals surface area contributed by atoms with Gasteiger partial charge in [0, 0.05) is 12.1 Å². The van der Waals surface area contributed by atoms with Crippen LogP contribution in [0.2, 0.25) is 0 Å². The maximum Gasteiger partial charge on any atom is 0.216 e. The number of fused-ring (bicyclic) bond motifs is 1. The van der Waals surface area contributed by atoms with Crippen molar-refractivity contribution in [3.63, 3.8) is 0 Å². The Morgan fingerprint density at radius 2 is 1.95 bits per heavy atom. The number of hydrogen-bond acceptors (Lipinski definition) is 6. The van der Waals surface area contributed by atoms with E-state index in [1.165, 1.54) is 26.4 Å². The van der Waals surface area contributed by atoms with Gasteiger partial charge in [-0.25, -0.2) is 8.42 Å². The van der Waals surface area contributed by atoms with Crippen LogP contribution >= 0.6 is 15.9 Å². The number of anilines is 1. The molecular formula is C14H12BrNO5S. The Hall–Kier alpha value is -1.80. The molecular weight excluding hydrogens is 374 g/mol. The van der Waals surface area contributed by atoms with Gasteiger partial charge >= 0.3 is 0 Å². The topological polar surface area (TPSA) is 81.7 Å². The Balaban J connectivity index is 2.24. The summed E-state index contributed by atoms with van der Waals surface area (Å²) in [4.78, 5) is 11.2. The molecule has 116 valence electrons. The summed E-state index contributed by atoms with van der Waals surface area (Å²) in [6.07, 6.45) is 1.40. The molecule has 1 unspecified atom stereocenters. The molecule has 0 amide bonds. The summed E-state index contributed by atoms with van der Waals surface area (Å²) in [7, 11) is -0.995. The standard InChI is InChI=1S/C14H12BrNO5S/c1-20-7-3-4-8-11(5-7)22(18,19)14-9(16-8)6-10(21-2)13(17)12(14)15/h3-6,12,16H,1-2H3. The summed E-state index contributed by atoms with van der Waals surface area (Å²) in [6, 6.07) is 4.71. The SMILES string of the molecule is COC1=CC2=C(C(Br)C1=O)S(=O)(=O)c1cc(OC)ccc1N2. The van der Waals surface area contributed by atoms with Gasteiger partial charge in [0.15, 0.2) is 5.76 Å². The van der Waals surface area contributed by atoms with Crippen LogP contribution in [0.5, 0.6) is 5.75 Å². The number of Topliss-reactive ketones (excluding diaryl/α,β-unsaturated/α-hetero) is 1. The Morgan fingerprint density at radius 1 is 1.23 bits per heavy atom. The fraction of sp³-hybridized carbons (Fsp3) is 0.214. The number of ketones is 1. The Bertz CT molecular complexity index is 841. The van der Waals surface area contributed by atoms with Crippen molar-refractivity contribution >= 4 is 37.2 Å². The number of methoxy groups -OCH3 is 2. The highest BCUT2D eigenvalue weighted by Crippen LogP contribution is 2.42. The fourth-order valence-corrected chi connectivity index (χ4v) is 5.32. The van der Waals surface area contributed by atoms with Gasteiger partial charge in [-0.05, 0) is 12.1 Å².